The van der Waals surface area contributed by atoms with Crippen LogP contribution in [0.1, 0.15) is 0 Å². The summed E-state index contributed by atoms with van der Waals surface area (Å²) >= 11 is 0. The number of halogens is 2. The Morgan fingerprint density at radius 3 is 2.70 bits per heavy atom. The number of aromatic nitrogens is 4. The summed E-state index contributed by atoms with van der Waals surface area (Å²) in [4.78, 5) is 8.16. The van der Waals surface area contributed by atoms with E-state index in [4.69, 9.17) is 0 Å². The highest BCUT2D eigenvalue weighted by molar-refractivity contribution is 5.80. The molecule has 102 valence electrons. The number of ether oxygens (including phenoxy) is 1. The zero-order chi connectivity index (χ0) is 14.1. The van der Waals surface area contributed by atoms with Gasteiger partial charge in [0.05, 0.1) is 17.9 Å². The topological polar surface area (TPSA) is 52.8 Å². The summed E-state index contributed by atoms with van der Waals surface area (Å²) in [6.07, 6.45) is 6.12. The maximum atomic E-state index is 12.2. The van der Waals surface area contributed by atoms with Crippen LogP contribution in [0.4, 0.5) is 8.78 Å². The van der Waals surface area contributed by atoms with Crippen molar-refractivity contribution in [1.82, 2.24) is 19.7 Å². The summed E-state index contributed by atoms with van der Waals surface area (Å²) in [5.41, 5.74) is 3.03. The van der Waals surface area contributed by atoms with Crippen LogP contribution in [0.2, 0.25) is 0 Å². The monoisotopic (exact) mass is 276 g/mol. The van der Waals surface area contributed by atoms with E-state index in [1.807, 2.05) is 13.1 Å². The Morgan fingerprint density at radius 2 is 1.90 bits per heavy atom. The molecule has 0 aliphatic carbocycles. The summed E-state index contributed by atoms with van der Waals surface area (Å²) in [7, 11) is 1.81. The number of pyridine rings is 2. The third-order valence-electron chi connectivity index (χ3n) is 2.87. The van der Waals surface area contributed by atoms with Gasteiger partial charge in [-0.25, -0.2) is 0 Å². The van der Waals surface area contributed by atoms with E-state index in [1.165, 1.54) is 12.3 Å². The molecular weight excluding hydrogens is 266 g/mol. The van der Waals surface area contributed by atoms with Crippen molar-refractivity contribution >= 4 is 11.0 Å². The number of rotatable bonds is 3. The predicted molar refractivity (Wildman–Crippen MR) is 68.4 cm³/mol. The van der Waals surface area contributed by atoms with Gasteiger partial charge in [-0.15, -0.1) is 0 Å². The molecular formula is C13H10F2N4O. The van der Waals surface area contributed by atoms with E-state index in [0.29, 0.717) is 5.56 Å². The van der Waals surface area contributed by atoms with Crippen LogP contribution in [0, 0.1) is 0 Å². The molecule has 0 aromatic carbocycles. The molecule has 0 aliphatic heterocycles. The molecule has 0 bridgehead atoms. The van der Waals surface area contributed by atoms with E-state index in [2.05, 4.69) is 19.8 Å². The van der Waals surface area contributed by atoms with Gasteiger partial charge in [-0.2, -0.15) is 13.9 Å². The van der Waals surface area contributed by atoms with Gasteiger partial charge in [0.15, 0.2) is 0 Å². The Labute approximate surface area is 112 Å². The number of hydrogen-bond donors (Lipinski definition) is 0. The minimum Gasteiger partial charge on any atom is -0.433 e. The fraction of sp³-hybridized carbons (Fsp3) is 0.154. The largest absolute Gasteiger partial charge is 0.433 e. The Hall–Kier alpha value is -2.57. The molecule has 3 rings (SSSR count). The van der Waals surface area contributed by atoms with Gasteiger partial charge in [-0.3, -0.25) is 14.6 Å². The average Bonchev–Trinajstić information content (AvgIpc) is 2.80. The molecule has 0 amide bonds. The van der Waals surface area contributed by atoms with Crippen molar-refractivity contribution in [2.24, 2.45) is 7.05 Å². The fourth-order valence-electron chi connectivity index (χ4n) is 1.93. The Bertz CT molecular complexity index is 757. The summed E-state index contributed by atoms with van der Waals surface area (Å²) in [5, 5.41) is 4.10. The Morgan fingerprint density at radius 1 is 1.10 bits per heavy atom. The zero-order valence-electron chi connectivity index (χ0n) is 10.5. The second-order valence-electron chi connectivity index (χ2n) is 4.18. The molecule has 5 nitrogen and oxygen atoms in total. The summed E-state index contributed by atoms with van der Waals surface area (Å²) in [6.45, 7) is -2.87. The average molecular weight is 276 g/mol. The van der Waals surface area contributed by atoms with Gasteiger partial charge in [-0.1, -0.05) is 0 Å². The highest BCUT2D eigenvalue weighted by atomic mass is 19.3. The first-order valence-corrected chi connectivity index (χ1v) is 5.81. The van der Waals surface area contributed by atoms with Crippen LogP contribution < -0.4 is 4.74 Å². The third-order valence-corrected chi connectivity index (χ3v) is 2.87. The first-order chi connectivity index (χ1) is 9.63. The number of nitrogens with zero attached hydrogens (tertiary/aromatic N) is 4. The Kier molecular flexibility index (Phi) is 3.02. The molecule has 0 atom stereocenters. The van der Waals surface area contributed by atoms with Crippen molar-refractivity contribution in [3.05, 3.63) is 36.9 Å². The lowest BCUT2D eigenvalue weighted by Gasteiger charge is -2.06. The molecule has 3 aromatic heterocycles. The maximum absolute atomic E-state index is 12.2. The van der Waals surface area contributed by atoms with Crippen LogP contribution in [-0.4, -0.2) is 26.4 Å². The molecule has 0 unspecified atom stereocenters. The molecule has 7 heteroatoms. The fourth-order valence-corrected chi connectivity index (χ4v) is 1.93. The van der Waals surface area contributed by atoms with E-state index in [0.717, 1.165) is 16.6 Å². The van der Waals surface area contributed by atoms with E-state index in [1.54, 1.807) is 23.3 Å². The van der Waals surface area contributed by atoms with Crippen LogP contribution in [0.3, 0.4) is 0 Å². The highest BCUT2D eigenvalue weighted by Crippen LogP contribution is 2.25. The van der Waals surface area contributed by atoms with E-state index >= 15 is 0 Å². The predicted octanol–water partition coefficient (Wildman–Crippen LogP) is 2.63. The van der Waals surface area contributed by atoms with Crippen molar-refractivity contribution in [3.8, 4) is 16.9 Å². The van der Waals surface area contributed by atoms with Gasteiger partial charge in [0.25, 0.3) is 0 Å². The van der Waals surface area contributed by atoms with Gasteiger partial charge in [0.1, 0.15) is 11.3 Å². The van der Waals surface area contributed by atoms with Crippen LogP contribution in [0.25, 0.3) is 22.2 Å². The molecule has 20 heavy (non-hydrogen) atoms. The van der Waals surface area contributed by atoms with Crippen LogP contribution >= 0.6 is 0 Å². The summed E-state index contributed by atoms with van der Waals surface area (Å²) in [5.74, 6) is 0.0163. The SMILES string of the molecule is Cn1ncc2ncc(-c3cncc(OC(F)F)c3)cc21. The van der Waals surface area contributed by atoms with Gasteiger partial charge < -0.3 is 4.74 Å². The number of aryl methyl sites for hydroxylation is 1. The second-order valence-corrected chi connectivity index (χ2v) is 4.18. The maximum Gasteiger partial charge on any atom is 0.387 e. The molecule has 0 radical (unpaired) electrons. The van der Waals surface area contributed by atoms with Crippen molar-refractivity contribution in [2.45, 2.75) is 6.61 Å². The molecule has 0 aliphatic rings. The normalized spacial score (nSPS) is 11.2. The second kappa shape index (κ2) is 4.84. The Balaban J connectivity index is 2.03. The molecule has 0 saturated heterocycles. The van der Waals surface area contributed by atoms with Crippen LogP contribution in [-0.2, 0) is 7.05 Å². The van der Waals surface area contributed by atoms with Crippen molar-refractivity contribution in [2.75, 3.05) is 0 Å². The van der Waals surface area contributed by atoms with Crippen molar-refractivity contribution in [3.63, 3.8) is 0 Å². The molecule has 0 N–H and O–H groups in total. The minimum atomic E-state index is -2.87. The van der Waals surface area contributed by atoms with Gasteiger partial charge in [-0.05, 0) is 12.1 Å². The molecule has 0 fully saturated rings. The van der Waals surface area contributed by atoms with Crippen LogP contribution in [0.15, 0.2) is 36.9 Å². The van der Waals surface area contributed by atoms with Gasteiger partial charge in [0.2, 0.25) is 0 Å². The van der Waals surface area contributed by atoms with Gasteiger partial charge >= 0.3 is 6.61 Å². The number of hydrogen-bond acceptors (Lipinski definition) is 4. The first-order valence-electron chi connectivity index (χ1n) is 5.81. The van der Waals surface area contributed by atoms with Crippen LogP contribution in [0.5, 0.6) is 5.75 Å². The van der Waals surface area contributed by atoms with E-state index in [-0.39, 0.29) is 5.75 Å². The molecule has 0 saturated carbocycles. The zero-order valence-corrected chi connectivity index (χ0v) is 10.5. The number of alkyl halides is 2. The summed E-state index contributed by atoms with van der Waals surface area (Å²) in [6, 6.07) is 3.37. The molecule has 3 heterocycles. The smallest absolute Gasteiger partial charge is 0.387 e. The molecule has 3 aromatic rings. The van der Waals surface area contributed by atoms with Crippen molar-refractivity contribution < 1.29 is 13.5 Å². The first kappa shape index (κ1) is 12.5. The lowest BCUT2D eigenvalue weighted by Crippen LogP contribution is -2.02. The minimum absolute atomic E-state index is 0.0163. The lowest BCUT2D eigenvalue weighted by atomic mass is 10.1. The standard InChI is InChI=1S/C13H10F2N4O/c1-19-12-3-9(5-17-11(12)7-18-19)8-2-10(6-16-4-8)20-13(14)15/h2-7,13H,1H3. The van der Waals surface area contributed by atoms with E-state index in [9.17, 15) is 8.78 Å². The quantitative estimate of drug-likeness (QED) is 0.738. The summed E-state index contributed by atoms with van der Waals surface area (Å²) < 4.78 is 30.4. The lowest BCUT2D eigenvalue weighted by molar-refractivity contribution is -0.0500. The van der Waals surface area contributed by atoms with E-state index < -0.39 is 6.61 Å². The molecule has 0 spiro atoms. The van der Waals surface area contributed by atoms with Gasteiger partial charge in [0, 0.05) is 30.6 Å². The highest BCUT2D eigenvalue weighted by Gasteiger charge is 2.08. The third kappa shape index (κ3) is 2.29. The number of fused-ring (bicyclic) bond motifs is 1. The van der Waals surface area contributed by atoms with Crippen molar-refractivity contribution in [1.29, 1.82) is 0 Å².